The lowest BCUT2D eigenvalue weighted by Crippen LogP contribution is -2.36. The average molecular weight is 394 g/mol. The van der Waals surface area contributed by atoms with E-state index in [1.54, 1.807) is 13.1 Å². The van der Waals surface area contributed by atoms with Crippen molar-refractivity contribution in [3.8, 4) is 0 Å². The van der Waals surface area contributed by atoms with Gasteiger partial charge in [0.15, 0.2) is 5.65 Å². The van der Waals surface area contributed by atoms with Gasteiger partial charge in [0.25, 0.3) is 5.91 Å². The Morgan fingerprint density at radius 3 is 2.86 bits per heavy atom. The number of pyridine rings is 1. The summed E-state index contributed by atoms with van der Waals surface area (Å²) in [5.41, 5.74) is 8.21. The topological polar surface area (TPSA) is 114 Å². The number of hydrogen-bond donors (Lipinski definition) is 2. The number of anilines is 2. The molecule has 9 heteroatoms. The van der Waals surface area contributed by atoms with Gasteiger partial charge >= 0.3 is 0 Å². The highest BCUT2D eigenvalue weighted by molar-refractivity contribution is 5.93. The third-order valence-electron chi connectivity index (χ3n) is 5.37. The predicted octanol–water partition coefficient (Wildman–Crippen LogP) is 1.97. The van der Waals surface area contributed by atoms with Crippen LogP contribution in [0.15, 0.2) is 24.4 Å². The van der Waals surface area contributed by atoms with Crippen LogP contribution in [0.1, 0.15) is 60.4 Å². The molecular formula is C20H26N8O. The van der Waals surface area contributed by atoms with Crippen LogP contribution in [0, 0.1) is 0 Å². The van der Waals surface area contributed by atoms with Gasteiger partial charge in [-0.2, -0.15) is 4.98 Å². The predicted molar refractivity (Wildman–Crippen MR) is 111 cm³/mol. The van der Waals surface area contributed by atoms with Crippen LogP contribution in [0.25, 0.3) is 5.65 Å². The third kappa shape index (κ3) is 3.72. The molecule has 3 N–H and O–H groups in total. The number of carbonyl (C=O) groups excluding carboxylic acids is 1. The summed E-state index contributed by atoms with van der Waals surface area (Å²) >= 11 is 0. The minimum Gasteiger partial charge on any atom is -0.368 e. The second kappa shape index (κ2) is 7.65. The van der Waals surface area contributed by atoms with Crippen molar-refractivity contribution in [2.75, 3.05) is 30.8 Å². The van der Waals surface area contributed by atoms with E-state index in [-0.39, 0.29) is 17.7 Å². The van der Waals surface area contributed by atoms with Gasteiger partial charge in [-0.05, 0) is 30.9 Å². The normalized spacial score (nSPS) is 17.1. The number of carbonyl (C=O) groups is 1. The number of nitrogens with two attached hydrogens (primary N) is 1. The molecule has 1 amide bonds. The monoisotopic (exact) mass is 394 g/mol. The van der Waals surface area contributed by atoms with Crippen molar-refractivity contribution in [2.24, 2.45) is 0 Å². The van der Waals surface area contributed by atoms with Gasteiger partial charge < -0.3 is 16.0 Å². The zero-order valence-electron chi connectivity index (χ0n) is 17.0. The van der Waals surface area contributed by atoms with Gasteiger partial charge in [-0.3, -0.25) is 9.20 Å². The van der Waals surface area contributed by atoms with Crippen molar-refractivity contribution in [2.45, 2.75) is 38.5 Å². The largest absolute Gasteiger partial charge is 0.368 e. The fraction of sp³-hybridized carbons (Fsp3) is 0.450. The molecule has 0 radical (unpaired) electrons. The Morgan fingerprint density at radius 2 is 2.10 bits per heavy atom. The van der Waals surface area contributed by atoms with E-state index >= 15 is 0 Å². The number of nitrogens with zero attached hydrogens (tertiary/aromatic N) is 6. The van der Waals surface area contributed by atoms with E-state index < -0.39 is 0 Å². The van der Waals surface area contributed by atoms with Gasteiger partial charge in [0.2, 0.25) is 5.95 Å². The molecule has 0 saturated carbocycles. The van der Waals surface area contributed by atoms with Gasteiger partial charge in [0, 0.05) is 38.3 Å². The fourth-order valence-electron chi connectivity index (χ4n) is 3.79. The van der Waals surface area contributed by atoms with Crippen molar-refractivity contribution in [3.63, 3.8) is 0 Å². The molecule has 1 fully saturated rings. The Kier molecular flexibility index (Phi) is 5.04. The summed E-state index contributed by atoms with van der Waals surface area (Å²) in [5, 5.41) is 11.4. The molecule has 4 heterocycles. The Bertz CT molecular complexity index is 1040. The molecule has 152 valence electrons. The molecule has 0 bridgehead atoms. The van der Waals surface area contributed by atoms with E-state index in [9.17, 15) is 4.79 Å². The highest BCUT2D eigenvalue weighted by atomic mass is 16.1. The van der Waals surface area contributed by atoms with Crippen molar-refractivity contribution in [1.29, 1.82) is 0 Å². The summed E-state index contributed by atoms with van der Waals surface area (Å²) in [4.78, 5) is 23.1. The first-order valence-electron chi connectivity index (χ1n) is 9.92. The van der Waals surface area contributed by atoms with E-state index in [2.05, 4.69) is 44.2 Å². The van der Waals surface area contributed by atoms with Gasteiger partial charge in [0.05, 0.1) is 11.3 Å². The second-order valence-electron chi connectivity index (χ2n) is 7.73. The van der Waals surface area contributed by atoms with Crippen molar-refractivity contribution < 1.29 is 4.79 Å². The Morgan fingerprint density at radius 1 is 1.28 bits per heavy atom. The number of piperidine rings is 1. The van der Waals surface area contributed by atoms with Gasteiger partial charge in [-0.1, -0.05) is 13.8 Å². The van der Waals surface area contributed by atoms with E-state index in [4.69, 9.17) is 5.73 Å². The van der Waals surface area contributed by atoms with E-state index in [0.717, 1.165) is 48.9 Å². The van der Waals surface area contributed by atoms with Crippen LogP contribution >= 0.6 is 0 Å². The van der Waals surface area contributed by atoms with Crippen LogP contribution in [0.5, 0.6) is 0 Å². The van der Waals surface area contributed by atoms with E-state index in [1.165, 1.54) is 0 Å². The zero-order valence-corrected chi connectivity index (χ0v) is 17.0. The summed E-state index contributed by atoms with van der Waals surface area (Å²) in [5.74, 6) is 2.35. The number of fused-ring (bicyclic) bond motifs is 1. The van der Waals surface area contributed by atoms with Gasteiger partial charge in [-0.25, -0.2) is 4.98 Å². The summed E-state index contributed by atoms with van der Waals surface area (Å²) in [6.45, 7) is 5.86. The van der Waals surface area contributed by atoms with Crippen LogP contribution < -0.4 is 16.0 Å². The van der Waals surface area contributed by atoms with Crippen LogP contribution in [-0.4, -0.2) is 50.6 Å². The molecule has 0 spiro atoms. The lowest BCUT2D eigenvalue weighted by molar-refractivity contribution is 0.0962. The van der Waals surface area contributed by atoms with Crippen LogP contribution in [-0.2, 0) is 0 Å². The quantitative estimate of drug-likeness (QED) is 0.695. The molecule has 4 rings (SSSR count). The molecule has 1 aliphatic heterocycles. The van der Waals surface area contributed by atoms with Crippen molar-refractivity contribution in [1.82, 2.24) is 29.9 Å². The smallest absolute Gasteiger partial charge is 0.252 e. The molecule has 0 aromatic carbocycles. The SMILES string of the molecule is CNC(=O)c1ccc2nnc(C3CCCN(c4cc(C(C)C)nc(N)n4)C3)n2c1. The minimum absolute atomic E-state index is 0.130. The molecule has 1 unspecified atom stereocenters. The first-order valence-corrected chi connectivity index (χ1v) is 9.92. The molecule has 0 aliphatic carbocycles. The zero-order chi connectivity index (χ0) is 20.5. The standard InChI is InChI=1S/C20H26N8O/c1-12(2)15-9-17(24-20(21)23-15)27-8-4-5-13(10-27)18-26-25-16-7-6-14(11-28(16)18)19(29)22-3/h6-7,9,11-13H,4-5,8,10H2,1-3H3,(H,22,29)(H2,21,23,24). The Hall–Kier alpha value is -3.23. The maximum absolute atomic E-state index is 12.0. The maximum Gasteiger partial charge on any atom is 0.252 e. The van der Waals surface area contributed by atoms with Crippen molar-refractivity contribution in [3.05, 3.63) is 41.5 Å². The van der Waals surface area contributed by atoms with E-state index in [1.807, 2.05) is 22.7 Å². The number of amides is 1. The molecular weight excluding hydrogens is 368 g/mol. The minimum atomic E-state index is -0.130. The highest BCUT2D eigenvalue weighted by Gasteiger charge is 2.27. The molecule has 29 heavy (non-hydrogen) atoms. The van der Waals surface area contributed by atoms with Crippen LogP contribution in [0.4, 0.5) is 11.8 Å². The Labute approximate surface area is 169 Å². The summed E-state index contributed by atoms with van der Waals surface area (Å²) in [6.07, 6.45) is 3.82. The first-order chi connectivity index (χ1) is 14.0. The first kappa shape index (κ1) is 19.1. The molecule has 3 aromatic rings. The summed E-state index contributed by atoms with van der Waals surface area (Å²) < 4.78 is 1.92. The van der Waals surface area contributed by atoms with Gasteiger partial charge in [-0.15, -0.1) is 10.2 Å². The van der Waals surface area contributed by atoms with Crippen LogP contribution in [0.2, 0.25) is 0 Å². The molecule has 3 aromatic heterocycles. The van der Waals surface area contributed by atoms with Crippen molar-refractivity contribution >= 4 is 23.3 Å². The molecule has 1 atom stereocenters. The number of nitrogens with one attached hydrogen (secondary N) is 1. The summed E-state index contributed by atoms with van der Waals surface area (Å²) in [6, 6.07) is 5.60. The number of aromatic nitrogens is 5. The molecule has 1 saturated heterocycles. The second-order valence-corrected chi connectivity index (χ2v) is 7.73. The van der Waals surface area contributed by atoms with Gasteiger partial charge in [0.1, 0.15) is 11.6 Å². The number of nitrogen functional groups attached to an aromatic ring is 1. The fourth-order valence-corrected chi connectivity index (χ4v) is 3.79. The maximum atomic E-state index is 12.0. The average Bonchev–Trinajstić information content (AvgIpc) is 3.16. The highest BCUT2D eigenvalue weighted by Crippen LogP contribution is 2.30. The lowest BCUT2D eigenvalue weighted by Gasteiger charge is -2.33. The molecule has 1 aliphatic rings. The lowest BCUT2D eigenvalue weighted by atomic mass is 9.97. The summed E-state index contributed by atoms with van der Waals surface area (Å²) in [7, 11) is 1.62. The number of rotatable bonds is 4. The van der Waals surface area contributed by atoms with Crippen LogP contribution in [0.3, 0.4) is 0 Å². The molecule has 9 nitrogen and oxygen atoms in total. The van der Waals surface area contributed by atoms with E-state index in [0.29, 0.717) is 11.5 Å². The third-order valence-corrected chi connectivity index (χ3v) is 5.37. The number of hydrogen-bond acceptors (Lipinski definition) is 7. The Balaban J connectivity index is 1.64.